The number of aliphatic hydroxyl groups is 3. The number of fused-ring (bicyclic) bond motifs is 5. The third-order valence-corrected chi connectivity index (χ3v) is 8.65. The van der Waals surface area contributed by atoms with Crippen molar-refractivity contribution in [1.29, 1.82) is 0 Å². The van der Waals surface area contributed by atoms with Gasteiger partial charge in [0.25, 0.3) is 0 Å². The second-order valence-corrected chi connectivity index (χ2v) is 9.56. The van der Waals surface area contributed by atoms with Crippen molar-refractivity contribution in [1.82, 2.24) is 0 Å². The summed E-state index contributed by atoms with van der Waals surface area (Å²) in [5.74, 6) is 0.140. The summed E-state index contributed by atoms with van der Waals surface area (Å²) >= 11 is 0. The van der Waals surface area contributed by atoms with Gasteiger partial charge < -0.3 is 15.3 Å². The molecule has 0 saturated heterocycles. The molecule has 0 bridgehead atoms. The van der Waals surface area contributed by atoms with Gasteiger partial charge in [0.1, 0.15) is 12.2 Å². The monoisotopic (exact) mass is 362 g/mol. The molecule has 0 aromatic rings. The van der Waals surface area contributed by atoms with E-state index < -0.39 is 29.5 Å². The first-order valence-corrected chi connectivity index (χ1v) is 9.96. The maximum atomic E-state index is 12.4. The third kappa shape index (κ3) is 2.14. The molecule has 0 unspecified atom stereocenters. The molecular formula is C21H30O5. The topological polar surface area (TPSA) is 94.8 Å². The predicted molar refractivity (Wildman–Crippen MR) is 95.1 cm³/mol. The molecule has 0 radical (unpaired) electrons. The van der Waals surface area contributed by atoms with E-state index in [4.69, 9.17) is 0 Å². The molecule has 144 valence electrons. The molecule has 0 aliphatic heterocycles. The van der Waals surface area contributed by atoms with Crippen LogP contribution in [-0.2, 0) is 9.59 Å². The van der Waals surface area contributed by atoms with Gasteiger partial charge in [-0.05, 0) is 67.8 Å². The Morgan fingerprint density at radius 1 is 1.23 bits per heavy atom. The van der Waals surface area contributed by atoms with Crippen LogP contribution in [0.3, 0.4) is 0 Å². The van der Waals surface area contributed by atoms with Gasteiger partial charge in [-0.1, -0.05) is 19.4 Å². The van der Waals surface area contributed by atoms with Gasteiger partial charge in [-0.2, -0.15) is 0 Å². The predicted octanol–water partition coefficient (Wildman–Crippen LogP) is 1.78. The molecule has 0 amide bonds. The maximum Gasteiger partial charge on any atom is 0.190 e. The molecular weight excluding hydrogens is 332 g/mol. The Morgan fingerprint density at radius 2 is 1.96 bits per heavy atom. The molecule has 4 aliphatic rings. The van der Waals surface area contributed by atoms with Gasteiger partial charge in [0.05, 0.1) is 6.10 Å². The highest BCUT2D eigenvalue weighted by Gasteiger charge is 2.68. The quantitative estimate of drug-likeness (QED) is 0.696. The van der Waals surface area contributed by atoms with Gasteiger partial charge >= 0.3 is 0 Å². The molecule has 4 rings (SSSR count). The summed E-state index contributed by atoms with van der Waals surface area (Å²) in [6.45, 7) is 3.46. The zero-order chi connectivity index (χ0) is 18.9. The van der Waals surface area contributed by atoms with Gasteiger partial charge in [0.15, 0.2) is 11.6 Å². The minimum Gasteiger partial charge on any atom is -0.393 e. The molecule has 0 aromatic carbocycles. The Kier molecular flexibility index (Phi) is 4.04. The first-order valence-electron chi connectivity index (χ1n) is 9.96. The van der Waals surface area contributed by atoms with Crippen molar-refractivity contribution in [2.45, 2.75) is 70.5 Å². The lowest BCUT2D eigenvalue weighted by Crippen LogP contribution is -2.62. The van der Waals surface area contributed by atoms with Crippen LogP contribution < -0.4 is 0 Å². The van der Waals surface area contributed by atoms with Crippen molar-refractivity contribution in [3.63, 3.8) is 0 Å². The Morgan fingerprint density at radius 3 is 2.65 bits per heavy atom. The zero-order valence-corrected chi connectivity index (χ0v) is 15.7. The first-order chi connectivity index (χ1) is 12.2. The summed E-state index contributed by atoms with van der Waals surface area (Å²) in [6.07, 6.45) is 5.74. The molecule has 5 heteroatoms. The molecule has 3 saturated carbocycles. The van der Waals surface area contributed by atoms with Crippen molar-refractivity contribution in [3.8, 4) is 0 Å². The van der Waals surface area contributed by atoms with E-state index in [1.54, 1.807) is 6.08 Å². The summed E-state index contributed by atoms with van der Waals surface area (Å²) in [5.41, 5.74) is -1.23. The normalized spacial score (nSPS) is 50.5. The van der Waals surface area contributed by atoms with Crippen LogP contribution in [-0.4, -0.2) is 45.2 Å². The lowest BCUT2D eigenvalue weighted by molar-refractivity contribution is -0.182. The van der Waals surface area contributed by atoms with Gasteiger partial charge in [-0.15, -0.1) is 0 Å². The van der Waals surface area contributed by atoms with Crippen molar-refractivity contribution in [2.24, 2.45) is 28.6 Å². The second kappa shape index (κ2) is 5.73. The number of Topliss-reactive ketones (excluding diaryl/α,β-unsaturated/α-hetero) is 1. The fourth-order valence-electron chi connectivity index (χ4n) is 7.28. The second-order valence-electron chi connectivity index (χ2n) is 9.56. The summed E-state index contributed by atoms with van der Waals surface area (Å²) in [5, 5.41) is 31.7. The standard InChI is InChI=1S/C21H30O5/c1-19-7-5-13(23)9-12(19)3-4-14-15-6-8-21(26,17(25)11-22)20(15,2)10-16(24)18(14)19/h9,14-16,18,22,24,26H,3-8,10-11H2,1-2H3/t14-,15-,16+,18+,19-,20-,21+/m0/s1. The highest BCUT2D eigenvalue weighted by atomic mass is 16.3. The summed E-state index contributed by atoms with van der Waals surface area (Å²) in [7, 11) is 0. The van der Waals surface area contributed by atoms with Crippen LogP contribution in [0.15, 0.2) is 11.6 Å². The van der Waals surface area contributed by atoms with E-state index in [0.717, 1.165) is 25.7 Å². The molecule has 0 spiro atoms. The van der Waals surface area contributed by atoms with Crippen LogP contribution in [0, 0.1) is 28.6 Å². The van der Waals surface area contributed by atoms with Crippen LogP contribution in [0.2, 0.25) is 0 Å². The molecule has 3 fully saturated rings. The maximum absolute atomic E-state index is 12.4. The number of allylic oxidation sites excluding steroid dienone is 1. The first kappa shape index (κ1) is 18.3. The minimum atomic E-state index is -1.54. The van der Waals surface area contributed by atoms with E-state index in [1.165, 1.54) is 5.57 Å². The zero-order valence-electron chi connectivity index (χ0n) is 15.7. The number of hydrogen-bond acceptors (Lipinski definition) is 5. The van der Waals surface area contributed by atoms with Crippen LogP contribution in [0.1, 0.15) is 58.8 Å². The number of hydrogen-bond donors (Lipinski definition) is 3. The van der Waals surface area contributed by atoms with Crippen LogP contribution >= 0.6 is 0 Å². The molecule has 3 N–H and O–H groups in total. The highest BCUT2D eigenvalue weighted by molar-refractivity contribution is 5.91. The van der Waals surface area contributed by atoms with Crippen LogP contribution in [0.5, 0.6) is 0 Å². The average molecular weight is 362 g/mol. The van der Waals surface area contributed by atoms with E-state index in [-0.39, 0.29) is 29.0 Å². The summed E-state index contributed by atoms with van der Waals surface area (Å²) < 4.78 is 0. The van der Waals surface area contributed by atoms with Crippen LogP contribution in [0.25, 0.3) is 0 Å². The Balaban J connectivity index is 1.74. The number of ketones is 2. The van der Waals surface area contributed by atoms with Crippen molar-refractivity contribution in [3.05, 3.63) is 11.6 Å². The smallest absolute Gasteiger partial charge is 0.190 e. The van der Waals surface area contributed by atoms with Crippen molar-refractivity contribution < 1.29 is 24.9 Å². The van der Waals surface area contributed by atoms with E-state index >= 15 is 0 Å². The van der Waals surface area contributed by atoms with E-state index in [9.17, 15) is 24.9 Å². The molecule has 5 nitrogen and oxygen atoms in total. The van der Waals surface area contributed by atoms with Gasteiger partial charge in [0.2, 0.25) is 0 Å². The number of aliphatic hydroxyl groups excluding tert-OH is 2. The minimum absolute atomic E-state index is 0.0697. The average Bonchev–Trinajstić information content (AvgIpc) is 2.86. The highest BCUT2D eigenvalue weighted by Crippen LogP contribution is 2.67. The van der Waals surface area contributed by atoms with Gasteiger partial charge in [-0.25, -0.2) is 0 Å². The lowest BCUT2D eigenvalue weighted by atomic mass is 9.45. The van der Waals surface area contributed by atoms with Crippen molar-refractivity contribution >= 4 is 11.6 Å². The molecule has 26 heavy (non-hydrogen) atoms. The van der Waals surface area contributed by atoms with E-state index in [0.29, 0.717) is 19.3 Å². The number of rotatable bonds is 2. The van der Waals surface area contributed by atoms with E-state index in [2.05, 4.69) is 6.92 Å². The molecule has 0 aromatic heterocycles. The summed E-state index contributed by atoms with van der Waals surface area (Å²) in [4.78, 5) is 24.3. The molecule has 7 atom stereocenters. The summed E-state index contributed by atoms with van der Waals surface area (Å²) in [6, 6.07) is 0. The lowest BCUT2D eigenvalue weighted by Gasteiger charge is -2.60. The van der Waals surface area contributed by atoms with E-state index in [1.807, 2.05) is 6.92 Å². The largest absolute Gasteiger partial charge is 0.393 e. The number of carbonyl (C=O) groups excluding carboxylic acids is 2. The molecule has 4 aliphatic carbocycles. The molecule has 0 heterocycles. The Hall–Kier alpha value is -1.04. The number of carbonyl (C=O) groups is 2. The van der Waals surface area contributed by atoms with Gasteiger partial charge in [0, 0.05) is 11.8 Å². The Labute approximate surface area is 154 Å². The third-order valence-electron chi connectivity index (χ3n) is 8.65. The van der Waals surface area contributed by atoms with Crippen molar-refractivity contribution in [2.75, 3.05) is 6.61 Å². The van der Waals surface area contributed by atoms with Crippen LogP contribution in [0.4, 0.5) is 0 Å². The SMILES string of the molecule is C[C@]12CCC(=O)C=C1CC[C@@H]1[C@@H]2[C@H](O)C[C@@]2(C)[C@H]1CC[C@@]2(O)C(=O)CO. The Bertz CT molecular complexity index is 684. The fraction of sp³-hybridized carbons (Fsp3) is 0.810. The fourth-order valence-corrected chi connectivity index (χ4v) is 7.28. The van der Waals surface area contributed by atoms with Gasteiger partial charge in [-0.3, -0.25) is 9.59 Å².